The molecule has 3 aliphatic carbocycles. The van der Waals surface area contributed by atoms with E-state index in [0.717, 1.165) is 25.7 Å². The van der Waals surface area contributed by atoms with E-state index in [4.69, 9.17) is 0 Å². The number of rotatable bonds is 3. The van der Waals surface area contributed by atoms with Crippen LogP contribution in [0.1, 0.15) is 57.4 Å². The summed E-state index contributed by atoms with van der Waals surface area (Å²) in [5.41, 5.74) is 0.631. The van der Waals surface area contributed by atoms with Gasteiger partial charge in [-0.25, -0.2) is 4.68 Å². The molecule has 0 aromatic carbocycles. The van der Waals surface area contributed by atoms with Crippen LogP contribution in [0.4, 0.5) is 5.95 Å². The van der Waals surface area contributed by atoms with E-state index in [9.17, 15) is 4.79 Å². The quantitative estimate of drug-likeness (QED) is 0.902. The summed E-state index contributed by atoms with van der Waals surface area (Å²) >= 11 is 0. The third-order valence-electron chi connectivity index (χ3n) is 4.99. The SMILES string of the molecule is O=C(Nc1nnnn1C1CC1)C1CCC2(CC1)CC2. The van der Waals surface area contributed by atoms with Crippen molar-refractivity contribution in [2.75, 3.05) is 5.32 Å². The molecule has 0 radical (unpaired) electrons. The number of hydrogen-bond acceptors (Lipinski definition) is 4. The minimum Gasteiger partial charge on any atom is -0.293 e. The van der Waals surface area contributed by atoms with Crippen molar-refractivity contribution in [3.8, 4) is 0 Å². The van der Waals surface area contributed by atoms with Gasteiger partial charge in [0.2, 0.25) is 11.9 Å². The van der Waals surface area contributed by atoms with Crippen LogP contribution in [0, 0.1) is 11.3 Å². The maximum atomic E-state index is 12.3. The molecule has 0 bridgehead atoms. The summed E-state index contributed by atoms with van der Waals surface area (Å²) in [6.45, 7) is 0. The summed E-state index contributed by atoms with van der Waals surface area (Å²) in [6.07, 6.45) is 9.47. The fourth-order valence-corrected chi connectivity index (χ4v) is 3.22. The van der Waals surface area contributed by atoms with Gasteiger partial charge in [0, 0.05) is 5.92 Å². The zero-order chi connectivity index (χ0) is 12.9. The molecule has 4 rings (SSSR count). The summed E-state index contributed by atoms with van der Waals surface area (Å²) in [4.78, 5) is 12.3. The van der Waals surface area contributed by atoms with E-state index in [1.54, 1.807) is 4.68 Å². The van der Waals surface area contributed by atoms with E-state index in [1.165, 1.54) is 25.7 Å². The number of nitrogens with zero attached hydrogens (tertiary/aromatic N) is 4. The smallest absolute Gasteiger partial charge is 0.249 e. The molecule has 0 saturated heterocycles. The Balaban J connectivity index is 1.39. The zero-order valence-corrected chi connectivity index (χ0v) is 11.0. The fraction of sp³-hybridized carbons (Fsp3) is 0.846. The highest BCUT2D eigenvalue weighted by atomic mass is 16.2. The minimum atomic E-state index is 0.104. The van der Waals surface area contributed by atoms with Crippen molar-refractivity contribution < 1.29 is 4.79 Å². The summed E-state index contributed by atoms with van der Waals surface area (Å²) in [6, 6.07) is 0.395. The van der Waals surface area contributed by atoms with Crippen molar-refractivity contribution in [2.24, 2.45) is 11.3 Å². The van der Waals surface area contributed by atoms with Crippen LogP contribution in [-0.2, 0) is 4.79 Å². The van der Waals surface area contributed by atoms with Gasteiger partial charge in [0.15, 0.2) is 0 Å². The highest BCUT2D eigenvalue weighted by Crippen LogP contribution is 2.57. The summed E-state index contributed by atoms with van der Waals surface area (Å²) in [7, 11) is 0. The number of anilines is 1. The number of carbonyl (C=O) groups excluding carboxylic acids is 1. The van der Waals surface area contributed by atoms with Crippen LogP contribution < -0.4 is 5.32 Å². The van der Waals surface area contributed by atoms with Gasteiger partial charge < -0.3 is 0 Å². The molecule has 102 valence electrons. The topological polar surface area (TPSA) is 72.7 Å². The van der Waals surface area contributed by atoms with Crippen molar-refractivity contribution >= 4 is 11.9 Å². The van der Waals surface area contributed by atoms with E-state index in [2.05, 4.69) is 20.8 Å². The number of carbonyl (C=O) groups is 1. The van der Waals surface area contributed by atoms with Crippen molar-refractivity contribution in [3.05, 3.63) is 0 Å². The Labute approximate surface area is 111 Å². The molecule has 1 amide bonds. The second-order valence-electron chi connectivity index (χ2n) is 6.44. The lowest BCUT2D eigenvalue weighted by atomic mass is 9.79. The molecular formula is C13H19N5O. The third kappa shape index (κ3) is 2.13. The molecule has 0 unspecified atom stereocenters. The van der Waals surface area contributed by atoms with Gasteiger partial charge in [-0.2, -0.15) is 0 Å². The lowest BCUT2D eigenvalue weighted by molar-refractivity contribution is -0.121. The van der Waals surface area contributed by atoms with Crippen LogP contribution in [0.25, 0.3) is 0 Å². The van der Waals surface area contributed by atoms with Gasteiger partial charge in [0.1, 0.15) is 0 Å². The maximum absolute atomic E-state index is 12.3. The lowest BCUT2D eigenvalue weighted by Crippen LogP contribution is -2.28. The second-order valence-corrected chi connectivity index (χ2v) is 6.44. The molecule has 1 aromatic heterocycles. The highest BCUT2D eigenvalue weighted by Gasteiger charge is 2.45. The lowest BCUT2D eigenvalue weighted by Gasteiger charge is -2.27. The van der Waals surface area contributed by atoms with Crippen LogP contribution in [0.2, 0.25) is 0 Å². The normalized spacial score (nSPS) is 25.5. The molecule has 6 heteroatoms. The van der Waals surface area contributed by atoms with Crippen LogP contribution in [0.5, 0.6) is 0 Å². The van der Waals surface area contributed by atoms with Gasteiger partial charge in [0.25, 0.3) is 0 Å². The minimum absolute atomic E-state index is 0.104. The molecule has 0 atom stereocenters. The first-order valence-corrected chi connectivity index (χ1v) is 7.35. The van der Waals surface area contributed by atoms with Crippen molar-refractivity contribution in [1.82, 2.24) is 20.2 Å². The highest BCUT2D eigenvalue weighted by molar-refractivity contribution is 5.91. The van der Waals surface area contributed by atoms with E-state index in [-0.39, 0.29) is 11.8 Å². The predicted molar refractivity (Wildman–Crippen MR) is 68.3 cm³/mol. The van der Waals surface area contributed by atoms with E-state index in [0.29, 0.717) is 17.4 Å². The number of aromatic nitrogens is 4. The molecule has 19 heavy (non-hydrogen) atoms. The largest absolute Gasteiger partial charge is 0.293 e. The first kappa shape index (κ1) is 11.4. The third-order valence-corrected chi connectivity index (χ3v) is 4.99. The second kappa shape index (κ2) is 4.02. The zero-order valence-electron chi connectivity index (χ0n) is 11.0. The van der Waals surface area contributed by atoms with Gasteiger partial charge in [-0.1, -0.05) is 5.10 Å². The summed E-state index contributed by atoms with van der Waals surface area (Å²) < 4.78 is 1.75. The van der Waals surface area contributed by atoms with Crippen molar-refractivity contribution in [1.29, 1.82) is 0 Å². The number of hydrogen-bond donors (Lipinski definition) is 1. The Kier molecular flexibility index (Phi) is 2.40. The molecule has 3 saturated carbocycles. The van der Waals surface area contributed by atoms with Crippen LogP contribution in [0.3, 0.4) is 0 Å². The molecule has 1 aromatic rings. The first-order chi connectivity index (χ1) is 9.26. The van der Waals surface area contributed by atoms with E-state index in [1.807, 2.05) is 0 Å². The van der Waals surface area contributed by atoms with Crippen LogP contribution in [0.15, 0.2) is 0 Å². The number of tetrazole rings is 1. The molecular weight excluding hydrogens is 242 g/mol. The average molecular weight is 261 g/mol. The van der Waals surface area contributed by atoms with E-state index < -0.39 is 0 Å². The van der Waals surface area contributed by atoms with Crippen LogP contribution >= 0.6 is 0 Å². The molecule has 3 aliphatic rings. The monoisotopic (exact) mass is 261 g/mol. The maximum Gasteiger partial charge on any atom is 0.249 e. The standard InChI is InChI=1S/C13H19N5O/c19-11(9-3-5-13(6-4-9)7-8-13)14-12-15-16-17-18(12)10-1-2-10/h9-10H,1-8H2,(H,14,15,17,19). The van der Waals surface area contributed by atoms with Gasteiger partial charge in [-0.15, -0.1) is 0 Å². The fourth-order valence-electron chi connectivity index (χ4n) is 3.22. The molecule has 3 fully saturated rings. The predicted octanol–water partition coefficient (Wildman–Crippen LogP) is 1.92. The Hall–Kier alpha value is -1.46. The van der Waals surface area contributed by atoms with Gasteiger partial charge >= 0.3 is 0 Å². The first-order valence-electron chi connectivity index (χ1n) is 7.35. The molecule has 1 N–H and O–H groups in total. The average Bonchev–Trinajstić information content (AvgIpc) is 3.34. The Morgan fingerprint density at radius 1 is 1.16 bits per heavy atom. The number of amides is 1. The molecule has 0 aliphatic heterocycles. The molecule has 6 nitrogen and oxygen atoms in total. The summed E-state index contributed by atoms with van der Waals surface area (Å²) in [5, 5.41) is 14.5. The Bertz CT molecular complexity index is 493. The summed E-state index contributed by atoms with van der Waals surface area (Å²) in [5.74, 6) is 0.780. The van der Waals surface area contributed by atoms with Gasteiger partial charge in [-0.3, -0.25) is 10.1 Å². The van der Waals surface area contributed by atoms with Crippen molar-refractivity contribution in [3.63, 3.8) is 0 Å². The Morgan fingerprint density at radius 2 is 1.89 bits per heavy atom. The molecule has 1 spiro atoms. The van der Waals surface area contributed by atoms with Crippen LogP contribution in [-0.4, -0.2) is 26.1 Å². The molecule has 1 heterocycles. The Morgan fingerprint density at radius 3 is 2.53 bits per heavy atom. The number of nitrogens with one attached hydrogen (secondary N) is 1. The van der Waals surface area contributed by atoms with Gasteiger partial charge in [-0.05, 0) is 67.2 Å². The van der Waals surface area contributed by atoms with E-state index >= 15 is 0 Å². The van der Waals surface area contributed by atoms with Crippen molar-refractivity contribution in [2.45, 2.75) is 57.4 Å². The van der Waals surface area contributed by atoms with Gasteiger partial charge in [0.05, 0.1) is 6.04 Å².